The number of nitrogens with one attached hydrogen (secondary N) is 1. The summed E-state index contributed by atoms with van der Waals surface area (Å²) in [4.78, 5) is 27.9. The van der Waals surface area contributed by atoms with E-state index in [0.717, 1.165) is 22.0 Å². The molecule has 3 aromatic carbocycles. The number of ether oxygens (including phenoxy) is 1. The first-order valence-electron chi connectivity index (χ1n) is 11.0. The molecule has 0 aliphatic heterocycles. The molecule has 6 heteroatoms. The normalized spacial score (nSPS) is 11.5. The molecule has 0 aliphatic rings. The lowest BCUT2D eigenvalue weighted by molar-refractivity contribution is -0.142. The van der Waals surface area contributed by atoms with Crippen molar-refractivity contribution in [2.24, 2.45) is 0 Å². The predicted molar refractivity (Wildman–Crippen MR) is 134 cm³/mol. The van der Waals surface area contributed by atoms with E-state index in [2.05, 4.69) is 28.2 Å². The van der Waals surface area contributed by atoms with Gasteiger partial charge < -0.3 is 15.0 Å². The summed E-state index contributed by atoms with van der Waals surface area (Å²) in [7, 11) is 1.59. The van der Waals surface area contributed by atoms with Gasteiger partial charge in [-0.1, -0.05) is 77.5 Å². The molecule has 0 aromatic heterocycles. The van der Waals surface area contributed by atoms with E-state index in [9.17, 15) is 9.59 Å². The highest BCUT2D eigenvalue weighted by Crippen LogP contribution is 2.18. The highest BCUT2D eigenvalue weighted by atomic mass is 79.9. The third-order valence-corrected chi connectivity index (χ3v) is 6.01. The van der Waals surface area contributed by atoms with Gasteiger partial charge in [0.15, 0.2) is 6.61 Å². The number of carbonyl (C=O) groups is 2. The average Bonchev–Trinajstić information content (AvgIpc) is 2.86. The molecule has 0 heterocycles. The van der Waals surface area contributed by atoms with Gasteiger partial charge in [0.05, 0.1) is 0 Å². The fourth-order valence-electron chi connectivity index (χ4n) is 3.56. The Morgan fingerprint density at radius 3 is 2.15 bits per heavy atom. The molecule has 0 saturated carbocycles. The van der Waals surface area contributed by atoms with E-state index in [-0.39, 0.29) is 18.4 Å². The highest BCUT2D eigenvalue weighted by Gasteiger charge is 2.30. The van der Waals surface area contributed by atoms with Gasteiger partial charge in [0.25, 0.3) is 5.91 Å². The molecule has 33 heavy (non-hydrogen) atoms. The number of amides is 2. The van der Waals surface area contributed by atoms with Crippen molar-refractivity contribution in [3.05, 3.63) is 100 Å². The Bertz CT molecular complexity index is 1040. The van der Waals surface area contributed by atoms with Crippen LogP contribution in [0.1, 0.15) is 23.6 Å². The van der Waals surface area contributed by atoms with Gasteiger partial charge in [0, 0.05) is 24.5 Å². The predicted octanol–water partition coefficient (Wildman–Crippen LogP) is 4.78. The number of aryl methyl sites for hydroxylation is 1. The van der Waals surface area contributed by atoms with Crippen molar-refractivity contribution in [1.82, 2.24) is 10.2 Å². The molecular formula is C27H29BrN2O3. The van der Waals surface area contributed by atoms with Crippen LogP contribution in [0.25, 0.3) is 0 Å². The summed E-state index contributed by atoms with van der Waals surface area (Å²) in [6.07, 6.45) is 1.35. The zero-order chi connectivity index (χ0) is 23.6. The van der Waals surface area contributed by atoms with Crippen LogP contribution in [0.5, 0.6) is 5.75 Å². The van der Waals surface area contributed by atoms with Gasteiger partial charge in [-0.3, -0.25) is 9.59 Å². The number of nitrogens with zero attached hydrogens (tertiary/aromatic N) is 1. The fraction of sp³-hybridized carbons (Fsp3) is 0.259. The molecule has 5 nitrogen and oxygen atoms in total. The minimum atomic E-state index is -0.667. The van der Waals surface area contributed by atoms with Gasteiger partial charge >= 0.3 is 0 Å². The van der Waals surface area contributed by atoms with E-state index >= 15 is 0 Å². The first-order valence-corrected chi connectivity index (χ1v) is 11.8. The maximum Gasteiger partial charge on any atom is 0.261 e. The van der Waals surface area contributed by atoms with E-state index in [1.165, 1.54) is 5.56 Å². The Hall–Kier alpha value is -3.12. The Morgan fingerprint density at radius 1 is 0.909 bits per heavy atom. The van der Waals surface area contributed by atoms with Crippen LogP contribution in [0.3, 0.4) is 0 Å². The SMILES string of the molecule is CCc1ccc(OCC(=O)N(Cc2ccc(Br)cc2)[C@H](Cc2ccccc2)C(=O)NC)cc1. The lowest BCUT2D eigenvalue weighted by Gasteiger charge is -2.31. The van der Waals surface area contributed by atoms with Crippen molar-refractivity contribution in [3.8, 4) is 5.75 Å². The van der Waals surface area contributed by atoms with Crippen LogP contribution in [-0.4, -0.2) is 36.4 Å². The number of likely N-dealkylation sites (N-methyl/N-ethyl adjacent to an activating group) is 1. The topological polar surface area (TPSA) is 58.6 Å². The van der Waals surface area contributed by atoms with Crippen molar-refractivity contribution in [2.75, 3.05) is 13.7 Å². The molecule has 0 fully saturated rings. The number of halogens is 1. The molecule has 0 unspecified atom stereocenters. The van der Waals surface area contributed by atoms with Crippen LogP contribution in [0, 0.1) is 0 Å². The second-order valence-electron chi connectivity index (χ2n) is 7.75. The minimum Gasteiger partial charge on any atom is -0.484 e. The smallest absolute Gasteiger partial charge is 0.261 e. The van der Waals surface area contributed by atoms with Crippen molar-refractivity contribution in [2.45, 2.75) is 32.4 Å². The Morgan fingerprint density at radius 2 is 1.55 bits per heavy atom. The van der Waals surface area contributed by atoms with Gasteiger partial charge in [0.2, 0.25) is 5.91 Å². The molecule has 1 atom stereocenters. The van der Waals surface area contributed by atoms with Crippen LogP contribution in [0.15, 0.2) is 83.3 Å². The van der Waals surface area contributed by atoms with E-state index in [4.69, 9.17) is 4.74 Å². The summed E-state index contributed by atoms with van der Waals surface area (Å²) in [6, 6.07) is 24.5. The third-order valence-electron chi connectivity index (χ3n) is 5.48. The largest absolute Gasteiger partial charge is 0.484 e. The van der Waals surface area contributed by atoms with E-state index < -0.39 is 6.04 Å². The Kier molecular flexibility index (Phi) is 9.07. The molecule has 0 aliphatic carbocycles. The highest BCUT2D eigenvalue weighted by molar-refractivity contribution is 9.10. The van der Waals surface area contributed by atoms with Crippen molar-refractivity contribution >= 4 is 27.7 Å². The molecule has 1 N–H and O–H groups in total. The molecule has 0 radical (unpaired) electrons. The summed E-state index contributed by atoms with van der Waals surface area (Å²) in [5.74, 6) is 0.169. The van der Waals surface area contributed by atoms with E-state index in [0.29, 0.717) is 18.7 Å². The van der Waals surface area contributed by atoms with Crippen LogP contribution in [0.2, 0.25) is 0 Å². The molecule has 3 rings (SSSR count). The summed E-state index contributed by atoms with van der Waals surface area (Å²) < 4.78 is 6.74. The van der Waals surface area contributed by atoms with Gasteiger partial charge in [-0.15, -0.1) is 0 Å². The van der Waals surface area contributed by atoms with Gasteiger partial charge in [-0.25, -0.2) is 0 Å². The van der Waals surface area contributed by atoms with Gasteiger partial charge in [0.1, 0.15) is 11.8 Å². The van der Waals surface area contributed by atoms with Crippen LogP contribution < -0.4 is 10.1 Å². The second-order valence-corrected chi connectivity index (χ2v) is 8.67. The molecular weight excluding hydrogens is 480 g/mol. The molecule has 0 spiro atoms. The molecule has 0 saturated heterocycles. The zero-order valence-corrected chi connectivity index (χ0v) is 20.5. The Labute approximate surface area is 203 Å². The summed E-state index contributed by atoms with van der Waals surface area (Å²) in [5, 5.41) is 2.72. The molecule has 172 valence electrons. The van der Waals surface area contributed by atoms with E-state index in [1.807, 2.05) is 78.9 Å². The number of rotatable bonds is 10. The third kappa shape index (κ3) is 7.19. The number of benzene rings is 3. The monoisotopic (exact) mass is 508 g/mol. The molecule has 2 amide bonds. The summed E-state index contributed by atoms with van der Waals surface area (Å²) in [5.41, 5.74) is 3.12. The maximum atomic E-state index is 13.4. The van der Waals surface area contributed by atoms with Crippen LogP contribution in [0.4, 0.5) is 0 Å². The van der Waals surface area contributed by atoms with Crippen LogP contribution in [-0.2, 0) is 29.0 Å². The fourth-order valence-corrected chi connectivity index (χ4v) is 3.82. The van der Waals surface area contributed by atoms with Crippen molar-refractivity contribution in [1.29, 1.82) is 0 Å². The summed E-state index contributed by atoms with van der Waals surface area (Å²) >= 11 is 3.44. The first kappa shape index (κ1) is 24.5. The number of hydrogen-bond donors (Lipinski definition) is 1. The number of hydrogen-bond acceptors (Lipinski definition) is 3. The number of carbonyl (C=O) groups excluding carboxylic acids is 2. The quantitative estimate of drug-likeness (QED) is 0.428. The standard InChI is InChI=1S/C27H29BrN2O3/c1-3-20-11-15-24(16-12-20)33-19-26(31)30(18-22-9-13-23(28)14-10-22)25(27(32)29-2)17-21-7-5-4-6-8-21/h4-16,25H,3,17-19H2,1-2H3,(H,29,32)/t25-/m1/s1. The summed E-state index contributed by atoms with van der Waals surface area (Å²) in [6.45, 7) is 2.24. The van der Waals surface area contributed by atoms with E-state index in [1.54, 1.807) is 11.9 Å². The van der Waals surface area contributed by atoms with Gasteiger partial charge in [-0.05, 0) is 47.4 Å². The molecule has 0 bridgehead atoms. The minimum absolute atomic E-state index is 0.149. The Balaban J connectivity index is 1.84. The van der Waals surface area contributed by atoms with Crippen molar-refractivity contribution < 1.29 is 14.3 Å². The average molecular weight is 509 g/mol. The zero-order valence-electron chi connectivity index (χ0n) is 19.0. The lowest BCUT2D eigenvalue weighted by Crippen LogP contribution is -2.51. The molecule has 3 aromatic rings. The first-order chi connectivity index (χ1) is 16.0. The lowest BCUT2D eigenvalue weighted by atomic mass is 10.0. The van der Waals surface area contributed by atoms with Gasteiger partial charge in [-0.2, -0.15) is 0 Å². The maximum absolute atomic E-state index is 13.4. The van der Waals surface area contributed by atoms with Crippen molar-refractivity contribution in [3.63, 3.8) is 0 Å². The van der Waals surface area contributed by atoms with Crippen LogP contribution >= 0.6 is 15.9 Å². The second kappa shape index (κ2) is 12.2.